The van der Waals surface area contributed by atoms with Gasteiger partial charge in [0.15, 0.2) is 0 Å². The minimum Gasteiger partial charge on any atom is -0.325 e. The predicted molar refractivity (Wildman–Crippen MR) is 102 cm³/mol. The van der Waals surface area contributed by atoms with Crippen LogP contribution in [0.5, 0.6) is 0 Å². The van der Waals surface area contributed by atoms with Gasteiger partial charge in [-0.1, -0.05) is 0 Å². The number of rotatable bonds is 5. The maximum atomic E-state index is 13.5. The van der Waals surface area contributed by atoms with Crippen molar-refractivity contribution in [3.63, 3.8) is 0 Å². The zero-order chi connectivity index (χ0) is 21.0. The molecule has 1 heterocycles. The third kappa shape index (κ3) is 5.41. The zero-order valence-electron chi connectivity index (χ0n) is 14.7. The Balaban J connectivity index is 1.79. The number of carbonyl (C=O) groups excluding carboxylic acids is 2. The van der Waals surface area contributed by atoms with E-state index in [1.807, 2.05) is 0 Å². The second-order valence-electron chi connectivity index (χ2n) is 6.08. The Labute approximate surface area is 167 Å². The van der Waals surface area contributed by atoms with Crippen LogP contribution in [-0.4, -0.2) is 11.8 Å². The van der Waals surface area contributed by atoms with Crippen LogP contribution in [0.3, 0.4) is 0 Å². The van der Waals surface area contributed by atoms with E-state index in [-0.39, 0.29) is 17.7 Å². The van der Waals surface area contributed by atoms with E-state index in [4.69, 9.17) is 0 Å². The molecule has 0 atom stereocenters. The van der Waals surface area contributed by atoms with Crippen molar-refractivity contribution in [2.75, 3.05) is 10.6 Å². The van der Waals surface area contributed by atoms with E-state index in [1.54, 1.807) is 16.8 Å². The van der Waals surface area contributed by atoms with Crippen molar-refractivity contribution >= 4 is 34.5 Å². The fraction of sp³-hybridized carbons (Fsp3) is 0.100. The van der Waals surface area contributed by atoms with Gasteiger partial charge in [-0.2, -0.15) is 24.5 Å². The normalized spacial score (nSPS) is 11.2. The molecule has 150 valence electrons. The fourth-order valence-electron chi connectivity index (χ4n) is 2.54. The van der Waals surface area contributed by atoms with Crippen LogP contribution in [-0.2, 0) is 17.4 Å². The van der Waals surface area contributed by atoms with E-state index in [9.17, 15) is 27.2 Å². The van der Waals surface area contributed by atoms with Crippen LogP contribution in [0.4, 0.5) is 28.9 Å². The van der Waals surface area contributed by atoms with Crippen LogP contribution in [0.15, 0.2) is 59.3 Å². The second kappa shape index (κ2) is 8.44. The van der Waals surface area contributed by atoms with Crippen LogP contribution in [0, 0.1) is 5.82 Å². The summed E-state index contributed by atoms with van der Waals surface area (Å²) in [6.07, 6.45) is -4.80. The van der Waals surface area contributed by atoms with Crippen molar-refractivity contribution in [2.45, 2.75) is 12.6 Å². The lowest BCUT2D eigenvalue weighted by Gasteiger charge is -2.16. The maximum Gasteiger partial charge on any atom is 0.418 e. The van der Waals surface area contributed by atoms with Gasteiger partial charge in [-0.15, -0.1) is 0 Å². The molecule has 0 aliphatic heterocycles. The lowest BCUT2D eigenvalue weighted by atomic mass is 10.1. The fourth-order valence-corrected chi connectivity index (χ4v) is 3.21. The Bertz CT molecular complexity index is 1020. The molecule has 0 bridgehead atoms. The first kappa shape index (κ1) is 20.5. The van der Waals surface area contributed by atoms with Crippen LogP contribution in [0.2, 0.25) is 0 Å². The van der Waals surface area contributed by atoms with Gasteiger partial charge in [-0.05, 0) is 64.9 Å². The SMILES string of the molecule is O=C(Cc1ccsc1)Nc1ccc(NC(=O)c2ccc(F)cc2)cc1C(F)(F)F. The van der Waals surface area contributed by atoms with Gasteiger partial charge < -0.3 is 10.6 Å². The van der Waals surface area contributed by atoms with Crippen LogP contribution in [0.25, 0.3) is 0 Å². The second-order valence-corrected chi connectivity index (χ2v) is 6.86. The molecule has 9 heteroatoms. The monoisotopic (exact) mass is 422 g/mol. The van der Waals surface area contributed by atoms with Gasteiger partial charge >= 0.3 is 6.18 Å². The number of benzene rings is 2. The Morgan fingerprint density at radius 1 is 0.966 bits per heavy atom. The number of nitrogens with one attached hydrogen (secondary N) is 2. The molecule has 2 N–H and O–H groups in total. The van der Waals surface area contributed by atoms with Gasteiger partial charge in [0.2, 0.25) is 5.91 Å². The average Bonchev–Trinajstić information content (AvgIpc) is 3.15. The molecule has 0 spiro atoms. The molecule has 0 radical (unpaired) electrons. The molecule has 2 aromatic carbocycles. The Morgan fingerprint density at radius 3 is 2.31 bits per heavy atom. The molecule has 3 aromatic rings. The summed E-state index contributed by atoms with van der Waals surface area (Å²) in [4.78, 5) is 24.2. The smallest absolute Gasteiger partial charge is 0.325 e. The highest BCUT2D eigenvalue weighted by Crippen LogP contribution is 2.36. The first-order valence-corrected chi connectivity index (χ1v) is 9.26. The lowest BCUT2D eigenvalue weighted by Crippen LogP contribution is -2.19. The van der Waals surface area contributed by atoms with Gasteiger partial charge in [0.05, 0.1) is 17.7 Å². The van der Waals surface area contributed by atoms with Crippen molar-refractivity contribution in [3.8, 4) is 0 Å². The third-order valence-corrected chi connectivity index (χ3v) is 4.64. The molecule has 0 aliphatic rings. The number of amides is 2. The molecular weight excluding hydrogens is 408 g/mol. The molecule has 0 fully saturated rings. The molecule has 0 aliphatic carbocycles. The summed E-state index contributed by atoms with van der Waals surface area (Å²) < 4.78 is 53.3. The van der Waals surface area contributed by atoms with E-state index in [1.165, 1.54) is 29.5 Å². The molecule has 0 unspecified atom stereocenters. The lowest BCUT2D eigenvalue weighted by molar-refractivity contribution is -0.136. The average molecular weight is 422 g/mol. The first-order valence-electron chi connectivity index (χ1n) is 8.31. The number of alkyl halides is 3. The van der Waals surface area contributed by atoms with Crippen LogP contribution in [0.1, 0.15) is 21.5 Å². The summed E-state index contributed by atoms with van der Waals surface area (Å²) in [6.45, 7) is 0. The highest BCUT2D eigenvalue weighted by atomic mass is 32.1. The molecule has 4 nitrogen and oxygen atoms in total. The van der Waals surface area contributed by atoms with Gasteiger partial charge in [-0.25, -0.2) is 4.39 Å². The van der Waals surface area contributed by atoms with E-state index < -0.39 is 35.1 Å². The zero-order valence-corrected chi connectivity index (χ0v) is 15.5. The topological polar surface area (TPSA) is 58.2 Å². The molecule has 29 heavy (non-hydrogen) atoms. The summed E-state index contributed by atoms with van der Waals surface area (Å²) in [5, 5.41) is 8.10. The highest BCUT2D eigenvalue weighted by molar-refractivity contribution is 7.08. The molecule has 2 amide bonds. The molecule has 0 saturated heterocycles. The largest absolute Gasteiger partial charge is 0.418 e. The summed E-state index contributed by atoms with van der Waals surface area (Å²) in [7, 11) is 0. The van der Waals surface area contributed by atoms with E-state index in [0.29, 0.717) is 5.56 Å². The summed E-state index contributed by atoms with van der Waals surface area (Å²) >= 11 is 1.38. The van der Waals surface area contributed by atoms with Crippen molar-refractivity contribution in [3.05, 3.63) is 81.8 Å². The van der Waals surface area contributed by atoms with Crippen LogP contribution >= 0.6 is 11.3 Å². The quantitative estimate of drug-likeness (QED) is 0.546. The Kier molecular flexibility index (Phi) is 5.97. The molecule has 3 rings (SSSR count). The number of hydrogen-bond donors (Lipinski definition) is 2. The minimum atomic E-state index is -4.75. The van der Waals surface area contributed by atoms with Gasteiger partial charge in [0.1, 0.15) is 5.82 Å². The number of thiophene rings is 1. The highest BCUT2D eigenvalue weighted by Gasteiger charge is 2.34. The number of hydrogen-bond acceptors (Lipinski definition) is 3. The standard InChI is InChI=1S/C20H14F4N2O2S/c21-14-3-1-13(2-4-14)19(28)25-15-5-6-17(16(10-15)20(22,23)24)26-18(27)9-12-7-8-29-11-12/h1-8,10-11H,9H2,(H,25,28)(H,26,27). The summed E-state index contributed by atoms with van der Waals surface area (Å²) in [5.41, 5.74) is -0.814. The van der Waals surface area contributed by atoms with Crippen molar-refractivity contribution in [1.29, 1.82) is 0 Å². The predicted octanol–water partition coefficient (Wildman–Crippen LogP) is 5.34. The first-order chi connectivity index (χ1) is 13.7. The van der Waals surface area contributed by atoms with Crippen molar-refractivity contribution < 1.29 is 27.2 Å². The minimum absolute atomic E-state index is 0.0517. The molecule has 0 saturated carbocycles. The number of halogens is 4. The van der Waals surface area contributed by atoms with Gasteiger partial charge in [0, 0.05) is 11.3 Å². The molecule has 1 aromatic heterocycles. The Hall–Kier alpha value is -3.20. The van der Waals surface area contributed by atoms with Gasteiger partial charge in [0.25, 0.3) is 5.91 Å². The van der Waals surface area contributed by atoms with E-state index in [2.05, 4.69) is 10.6 Å². The van der Waals surface area contributed by atoms with Gasteiger partial charge in [-0.3, -0.25) is 9.59 Å². The number of anilines is 2. The van der Waals surface area contributed by atoms with Crippen molar-refractivity contribution in [2.24, 2.45) is 0 Å². The summed E-state index contributed by atoms with van der Waals surface area (Å²) in [5.74, 6) is -1.81. The van der Waals surface area contributed by atoms with Crippen LogP contribution < -0.4 is 10.6 Å². The van der Waals surface area contributed by atoms with Crippen molar-refractivity contribution in [1.82, 2.24) is 0 Å². The summed E-state index contributed by atoms with van der Waals surface area (Å²) in [6, 6.07) is 9.35. The third-order valence-electron chi connectivity index (χ3n) is 3.91. The number of carbonyl (C=O) groups is 2. The molecular formula is C20H14F4N2O2S. The van der Waals surface area contributed by atoms with E-state index >= 15 is 0 Å². The van der Waals surface area contributed by atoms with E-state index in [0.717, 1.165) is 24.3 Å². The Morgan fingerprint density at radius 2 is 1.69 bits per heavy atom. The maximum absolute atomic E-state index is 13.5.